The number of aryl methyl sites for hydroxylation is 2. The van der Waals surface area contributed by atoms with E-state index < -0.39 is 9.23 Å². The van der Waals surface area contributed by atoms with Gasteiger partial charge in [-0.25, -0.2) is 14.2 Å². The number of nitrogens with one attached hydrogen (secondary N) is 2. The van der Waals surface area contributed by atoms with Gasteiger partial charge in [0.05, 0.1) is 12.5 Å². The summed E-state index contributed by atoms with van der Waals surface area (Å²) in [4.78, 5) is 14.6. The third-order valence-electron chi connectivity index (χ3n) is 3.64. The van der Waals surface area contributed by atoms with E-state index in [0.29, 0.717) is 5.88 Å². The number of H-pyrrole nitrogens is 2. The zero-order chi connectivity index (χ0) is 20.7. The number of aromatic amines is 2. The quantitative estimate of drug-likeness (QED) is 0.289. The van der Waals surface area contributed by atoms with Gasteiger partial charge in [0.25, 0.3) is 0 Å². The summed E-state index contributed by atoms with van der Waals surface area (Å²) >= 11 is 5.68. The van der Waals surface area contributed by atoms with Gasteiger partial charge in [0.1, 0.15) is 11.3 Å². The van der Waals surface area contributed by atoms with Gasteiger partial charge in [-0.05, 0) is 49.2 Å². The van der Waals surface area contributed by atoms with Crippen LogP contribution in [0.25, 0.3) is 22.1 Å². The fraction of sp³-hybridized carbons (Fsp3) is 0.222. The molecule has 0 unspecified atom stereocenters. The minimum Gasteiger partial charge on any atom is -0.390 e. The van der Waals surface area contributed by atoms with Gasteiger partial charge in [-0.2, -0.15) is 0 Å². The Morgan fingerprint density at radius 3 is 1.79 bits per heavy atom. The highest BCUT2D eigenvalue weighted by atomic mass is 36.0. The molecule has 4 aromatic rings. The Balaban J connectivity index is 0.000000169. The molecule has 0 bridgehead atoms. The number of rotatable bonds is 2. The van der Waals surface area contributed by atoms with Crippen LogP contribution in [0.15, 0.2) is 36.7 Å². The molecular weight excluding hydrogens is 443 g/mol. The van der Waals surface area contributed by atoms with Crippen LogP contribution in [0.2, 0.25) is 0 Å². The van der Waals surface area contributed by atoms with E-state index in [4.69, 9.17) is 20.9 Å². The monoisotopic (exact) mass is 460 g/mol. The van der Waals surface area contributed by atoms with Crippen LogP contribution in [-0.2, 0) is 21.7 Å². The first-order valence-corrected chi connectivity index (χ1v) is 11.5. The first-order chi connectivity index (χ1) is 13.3. The van der Waals surface area contributed by atoms with Crippen LogP contribution in [0.5, 0.6) is 0 Å². The molecule has 0 radical (unpaired) electrons. The van der Waals surface area contributed by atoms with Crippen LogP contribution in [0.1, 0.15) is 22.5 Å². The summed E-state index contributed by atoms with van der Waals surface area (Å²) in [5.41, 5.74) is 5.88. The van der Waals surface area contributed by atoms with Crippen molar-refractivity contribution < 1.29 is 9.32 Å². The molecule has 10 heteroatoms. The predicted molar refractivity (Wildman–Crippen MR) is 117 cm³/mol. The molecule has 4 heterocycles. The maximum Gasteiger partial charge on any atom is 0.211 e. The minimum atomic E-state index is -1.67. The molecule has 4 aromatic heterocycles. The van der Waals surface area contributed by atoms with Crippen molar-refractivity contribution in [2.75, 3.05) is 0 Å². The maximum atomic E-state index is 9.09. The number of alkyl halides is 1. The molecule has 6 nitrogen and oxygen atoms in total. The summed E-state index contributed by atoms with van der Waals surface area (Å²) in [7, 11) is 7.36. The highest BCUT2D eigenvalue weighted by molar-refractivity contribution is 8.26. The van der Waals surface area contributed by atoms with Gasteiger partial charge in [0, 0.05) is 55.9 Å². The van der Waals surface area contributed by atoms with Gasteiger partial charge in [-0.15, -0.1) is 11.6 Å². The van der Waals surface area contributed by atoms with Gasteiger partial charge in [0.15, 0.2) is 0 Å². The first kappa shape index (κ1) is 22.6. The standard InChI is InChI=1S/C9H9ClN2.C9H10N2O.Cl2OS/c1-6-2-7-3-8(4-10)12-9(7)11-5-6;1-6-2-7-3-8(5-12)11-9(7)10-4-6;1-4(2)3/h2-3,5H,4H2,1H3,(H,11,12);2-4,12H,5H2,1H3,(H,10,11);. The van der Waals surface area contributed by atoms with E-state index in [1.807, 2.05) is 38.2 Å². The van der Waals surface area contributed by atoms with Crippen molar-refractivity contribution in [2.45, 2.75) is 26.3 Å². The molecule has 0 aliphatic carbocycles. The SMILES string of the molecule is Cc1cnc2[nH]c(CCl)cc2c1.Cc1cnc2[nH]c(CO)cc2c1.O=S(Cl)Cl. The Hall–Kier alpha value is -1.64. The second-order valence-electron chi connectivity index (χ2n) is 5.97. The molecule has 28 heavy (non-hydrogen) atoms. The smallest absolute Gasteiger partial charge is 0.211 e. The van der Waals surface area contributed by atoms with Gasteiger partial charge in [-0.1, -0.05) is 0 Å². The molecule has 0 spiro atoms. The van der Waals surface area contributed by atoms with Crippen LogP contribution >= 0.6 is 33.0 Å². The summed E-state index contributed by atoms with van der Waals surface area (Å²) < 4.78 is 9.09. The molecule has 4 rings (SSSR count). The van der Waals surface area contributed by atoms with Crippen molar-refractivity contribution in [3.05, 3.63) is 59.2 Å². The van der Waals surface area contributed by atoms with Crippen molar-refractivity contribution in [3.8, 4) is 0 Å². The number of aromatic nitrogens is 4. The van der Waals surface area contributed by atoms with Crippen LogP contribution < -0.4 is 0 Å². The molecule has 0 aliphatic heterocycles. The summed E-state index contributed by atoms with van der Waals surface area (Å²) in [6.07, 6.45) is 3.65. The normalized spacial score (nSPS) is 10.5. The Bertz CT molecular complexity index is 997. The van der Waals surface area contributed by atoms with E-state index in [1.165, 1.54) is 5.56 Å². The average molecular weight is 462 g/mol. The number of aliphatic hydroxyl groups is 1. The van der Waals surface area contributed by atoms with Crippen LogP contribution in [-0.4, -0.2) is 29.3 Å². The fourth-order valence-electron chi connectivity index (χ4n) is 2.52. The largest absolute Gasteiger partial charge is 0.390 e. The van der Waals surface area contributed by atoms with Crippen LogP contribution in [0, 0.1) is 13.8 Å². The van der Waals surface area contributed by atoms with E-state index in [9.17, 15) is 0 Å². The Labute approximate surface area is 178 Å². The average Bonchev–Trinajstić information content (AvgIpc) is 3.24. The van der Waals surface area contributed by atoms with E-state index >= 15 is 0 Å². The van der Waals surface area contributed by atoms with Crippen molar-refractivity contribution >= 4 is 64.3 Å². The van der Waals surface area contributed by atoms with E-state index in [2.05, 4.69) is 47.4 Å². The Morgan fingerprint density at radius 2 is 1.36 bits per heavy atom. The highest BCUT2D eigenvalue weighted by Crippen LogP contribution is 2.15. The molecule has 0 saturated heterocycles. The summed E-state index contributed by atoms with van der Waals surface area (Å²) in [5.74, 6) is 0.509. The van der Waals surface area contributed by atoms with E-state index in [0.717, 1.165) is 39.0 Å². The number of halogens is 3. The van der Waals surface area contributed by atoms with Gasteiger partial charge in [-0.3, -0.25) is 0 Å². The molecule has 0 saturated carbocycles. The summed E-state index contributed by atoms with van der Waals surface area (Å²) in [5, 5.41) is 11.0. The molecule has 3 N–H and O–H groups in total. The third kappa shape index (κ3) is 6.76. The van der Waals surface area contributed by atoms with Gasteiger partial charge < -0.3 is 15.1 Å². The zero-order valence-corrected chi connectivity index (χ0v) is 18.3. The number of nitrogens with zero attached hydrogens (tertiary/aromatic N) is 2. The third-order valence-corrected chi connectivity index (χ3v) is 3.93. The lowest BCUT2D eigenvalue weighted by Crippen LogP contribution is -1.80. The van der Waals surface area contributed by atoms with Gasteiger partial charge >= 0.3 is 0 Å². The lowest BCUT2D eigenvalue weighted by Gasteiger charge is -1.89. The zero-order valence-electron chi connectivity index (χ0n) is 15.2. The number of aliphatic hydroxyl groups excluding tert-OH is 1. The molecular formula is C18H19Cl3N4O2S. The van der Waals surface area contributed by atoms with Crippen molar-refractivity contribution in [1.29, 1.82) is 0 Å². The molecule has 0 amide bonds. The lowest BCUT2D eigenvalue weighted by atomic mass is 10.2. The predicted octanol–water partition coefficient (Wildman–Crippen LogP) is 5.02. The number of pyridine rings is 2. The Kier molecular flexibility index (Phi) is 8.72. The number of hydrogen-bond acceptors (Lipinski definition) is 4. The van der Waals surface area contributed by atoms with E-state index in [-0.39, 0.29) is 6.61 Å². The minimum absolute atomic E-state index is 0.0371. The summed E-state index contributed by atoms with van der Waals surface area (Å²) in [6.45, 7) is 4.06. The molecule has 0 aliphatic rings. The highest BCUT2D eigenvalue weighted by Gasteiger charge is 2.00. The molecule has 0 aromatic carbocycles. The number of hydrogen-bond donors (Lipinski definition) is 3. The first-order valence-electron chi connectivity index (χ1n) is 8.12. The van der Waals surface area contributed by atoms with Crippen molar-refractivity contribution in [1.82, 2.24) is 19.9 Å². The Morgan fingerprint density at radius 1 is 0.929 bits per heavy atom. The fourth-order valence-corrected chi connectivity index (χ4v) is 2.67. The summed E-state index contributed by atoms with van der Waals surface area (Å²) in [6, 6.07) is 8.07. The van der Waals surface area contributed by atoms with Crippen LogP contribution in [0.3, 0.4) is 0 Å². The maximum absolute atomic E-state index is 9.09. The lowest BCUT2D eigenvalue weighted by molar-refractivity contribution is 0.278. The molecule has 150 valence electrons. The van der Waals surface area contributed by atoms with Gasteiger partial charge in [0.2, 0.25) is 9.23 Å². The molecule has 0 fully saturated rings. The van der Waals surface area contributed by atoms with Crippen molar-refractivity contribution in [3.63, 3.8) is 0 Å². The number of fused-ring (bicyclic) bond motifs is 2. The van der Waals surface area contributed by atoms with Crippen molar-refractivity contribution in [2.24, 2.45) is 0 Å². The molecule has 0 atom stereocenters. The second kappa shape index (κ2) is 10.8. The topological polar surface area (TPSA) is 94.7 Å². The second-order valence-corrected chi connectivity index (χ2v) is 8.76. The van der Waals surface area contributed by atoms with Crippen LogP contribution in [0.4, 0.5) is 0 Å². The van der Waals surface area contributed by atoms with E-state index in [1.54, 1.807) is 6.20 Å².